The molecule has 0 fully saturated rings. The Kier molecular flexibility index (Phi) is 5.47. The number of rotatable bonds is 4. The van der Waals surface area contributed by atoms with Gasteiger partial charge < -0.3 is 4.74 Å². The van der Waals surface area contributed by atoms with Gasteiger partial charge in [0.2, 0.25) is 0 Å². The smallest absolute Gasteiger partial charge is 0.364 e. The number of benzene rings is 3. The normalized spacial score (nSPS) is 10.8. The minimum Gasteiger partial charge on any atom is -0.420 e. The number of halogens is 2. The van der Waals surface area contributed by atoms with Gasteiger partial charge in [0.05, 0.1) is 17.0 Å². The van der Waals surface area contributed by atoms with E-state index in [4.69, 9.17) is 16.3 Å². The highest BCUT2D eigenvalue weighted by Crippen LogP contribution is 2.28. The van der Waals surface area contributed by atoms with E-state index >= 15 is 0 Å². The molecular weight excluding hydrogens is 456 g/mol. The van der Waals surface area contributed by atoms with E-state index in [2.05, 4.69) is 21.0 Å². The van der Waals surface area contributed by atoms with Crippen molar-refractivity contribution < 1.29 is 9.53 Å². The van der Waals surface area contributed by atoms with Crippen molar-refractivity contribution in [2.24, 2.45) is 0 Å². The Morgan fingerprint density at radius 2 is 1.69 bits per heavy atom. The molecule has 0 bridgehead atoms. The highest BCUT2D eigenvalue weighted by atomic mass is 79.9. The lowest BCUT2D eigenvalue weighted by Crippen LogP contribution is -2.27. The molecule has 29 heavy (non-hydrogen) atoms. The van der Waals surface area contributed by atoms with E-state index < -0.39 is 5.97 Å². The lowest BCUT2D eigenvalue weighted by Gasteiger charge is -2.11. The second kappa shape index (κ2) is 8.19. The third-order valence-electron chi connectivity index (χ3n) is 4.33. The number of ether oxygens (including phenoxy) is 1. The van der Waals surface area contributed by atoms with Crippen LogP contribution in [0.3, 0.4) is 0 Å². The van der Waals surface area contributed by atoms with Gasteiger partial charge in [-0.05, 0) is 29.8 Å². The highest BCUT2D eigenvalue weighted by Gasteiger charge is 2.20. The Balaban J connectivity index is 1.79. The van der Waals surface area contributed by atoms with Gasteiger partial charge in [-0.25, -0.2) is 9.48 Å². The standard InChI is InChI=1S/C22H14BrClN2O3/c23-15-10-11-19(18(24)12-15)29-22(28)20-16-8-4-5-9-17(16)21(27)26(25-20)13-14-6-2-1-3-7-14/h1-12H,13H2. The molecule has 0 radical (unpaired) electrons. The maximum atomic E-state index is 12.9. The van der Waals surface area contributed by atoms with E-state index in [-0.39, 0.29) is 28.6 Å². The molecule has 0 aliphatic heterocycles. The van der Waals surface area contributed by atoms with E-state index in [1.807, 2.05) is 30.3 Å². The van der Waals surface area contributed by atoms with Gasteiger partial charge in [0, 0.05) is 9.86 Å². The van der Waals surface area contributed by atoms with Crippen LogP contribution in [0.4, 0.5) is 0 Å². The fourth-order valence-corrected chi connectivity index (χ4v) is 3.67. The maximum absolute atomic E-state index is 12.9. The quantitative estimate of drug-likeness (QED) is 0.309. The molecule has 1 aromatic heterocycles. The molecule has 0 aliphatic carbocycles. The zero-order valence-electron chi connectivity index (χ0n) is 15.0. The molecule has 4 aromatic rings. The van der Waals surface area contributed by atoms with Gasteiger partial charge in [-0.1, -0.05) is 76.1 Å². The zero-order valence-corrected chi connectivity index (χ0v) is 17.4. The number of hydrogen-bond acceptors (Lipinski definition) is 4. The Hall–Kier alpha value is -2.96. The lowest BCUT2D eigenvalue weighted by molar-refractivity contribution is 0.0728. The number of fused-ring (bicyclic) bond motifs is 1. The summed E-state index contributed by atoms with van der Waals surface area (Å²) in [6.07, 6.45) is 0. The predicted octanol–water partition coefficient (Wildman–Crippen LogP) is 5.08. The molecule has 0 spiro atoms. The summed E-state index contributed by atoms with van der Waals surface area (Å²) in [5.41, 5.74) is 0.672. The van der Waals surface area contributed by atoms with Gasteiger partial charge in [0.15, 0.2) is 5.69 Å². The van der Waals surface area contributed by atoms with Crippen molar-refractivity contribution in [2.45, 2.75) is 6.54 Å². The monoisotopic (exact) mass is 468 g/mol. The third-order valence-corrected chi connectivity index (χ3v) is 5.12. The van der Waals surface area contributed by atoms with Gasteiger partial charge in [-0.15, -0.1) is 0 Å². The van der Waals surface area contributed by atoms with Crippen LogP contribution in [0, 0.1) is 0 Å². The molecule has 0 unspecified atom stereocenters. The Labute approximate surface area is 179 Å². The number of nitrogens with zero attached hydrogens (tertiary/aromatic N) is 2. The summed E-state index contributed by atoms with van der Waals surface area (Å²) >= 11 is 9.47. The summed E-state index contributed by atoms with van der Waals surface area (Å²) in [5, 5.41) is 5.43. The molecule has 144 valence electrons. The fourth-order valence-electron chi connectivity index (χ4n) is 2.96. The Morgan fingerprint density at radius 3 is 2.41 bits per heavy atom. The van der Waals surface area contributed by atoms with Crippen LogP contribution in [0.25, 0.3) is 10.8 Å². The number of esters is 1. The number of carbonyl (C=O) groups is 1. The van der Waals surface area contributed by atoms with Crippen LogP contribution in [-0.4, -0.2) is 15.7 Å². The second-order valence-electron chi connectivity index (χ2n) is 6.31. The molecule has 1 heterocycles. The Bertz CT molecular complexity index is 1270. The van der Waals surface area contributed by atoms with Gasteiger partial charge in [-0.3, -0.25) is 4.79 Å². The van der Waals surface area contributed by atoms with Crippen molar-refractivity contribution >= 4 is 44.3 Å². The zero-order chi connectivity index (χ0) is 20.4. The topological polar surface area (TPSA) is 61.2 Å². The van der Waals surface area contributed by atoms with Crippen LogP contribution in [0.1, 0.15) is 16.1 Å². The molecule has 0 atom stereocenters. The fraction of sp³-hybridized carbons (Fsp3) is 0.0455. The van der Waals surface area contributed by atoms with Crippen LogP contribution in [0.5, 0.6) is 5.75 Å². The summed E-state index contributed by atoms with van der Waals surface area (Å²) in [7, 11) is 0. The molecule has 4 rings (SSSR count). The number of aromatic nitrogens is 2. The summed E-state index contributed by atoms with van der Waals surface area (Å²) < 4.78 is 7.51. The molecule has 3 aromatic carbocycles. The first-order chi connectivity index (χ1) is 14.0. The average molecular weight is 470 g/mol. The van der Waals surface area contributed by atoms with Crippen LogP contribution in [0.15, 0.2) is 82.1 Å². The van der Waals surface area contributed by atoms with Gasteiger partial charge in [-0.2, -0.15) is 5.10 Å². The minimum absolute atomic E-state index is 0.0510. The molecule has 0 aliphatic rings. The predicted molar refractivity (Wildman–Crippen MR) is 116 cm³/mol. The van der Waals surface area contributed by atoms with Crippen LogP contribution in [0.2, 0.25) is 5.02 Å². The van der Waals surface area contributed by atoms with E-state index in [0.717, 1.165) is 10.0 Å². The maximum Gasteiger partial charge on any atom is 0.364 e. The summed E-state index contributed by atoms with van der Waals surface area (Å²) in [6.45, 7) is 0.240. The highest BCUT2D eigenvalue weighted by molar-refractivity contribution is 9.10. The molecule has 0 amide bonds. The Morgan fingerprint density at radius 1 is 1.00 bits per heavy atom. The SMILES string of the molecule is O=C(Oc1ccc(Br)cc1Cl)c1nn(Cc2ccccc2)c(=O)c2ccccc12. The first-order valence-corrected chi connectivity index (χ1v) is 9.91. The van der Waals surface area contributed by atoms with Crippen LogP contribution < -0.4 is 10.3 Å². The molecule has 7 heteroatoms. The first kappa shape index (κ1) is 19.4. The van der Waals surface area contributed by atoms with Crippen molar-refractivity contribution in [3.63, 3.8) is 0 Å². The van der Waals surface area contributed by atoms with Crippen molar-refractivity contribution in [1.82, 2.24) is 9.78 Å². The summed E-state index contributed by atoms with van der Waals surface area (Å²) in [5.74, 6) is -0.473. The number of carbonyl (C=O) groups excluding carboxylic acids is 1. The average Bonchev–Trinajstić information content (AvgIpc) is 2.73. The van der Waals surface area contributed by atoms with Crippen LogP contribution in [-0.2, 0) is 6.54 Å². The number of hydrogen-bond donors (Lipinski definition) is 0. The van der Waals surface area contributed by atoms with Crippen molar-refractivity contribution in [3.05, 3.63) is 104 Å². The van der Waals surface area contributed by atoms with E-state index in [1.54, 1.807) is 42.5 Å². The minimum atomic E-state index is -0.688. The first-order valence-electron chi connectivity index (χ1n) is 8.74. The molecule has 0 saturated heterocycles. The summed E-state index contributed by atoms with van der Waals surface area (Å²) in [6, 6.07) is 21.2. The van der Waals surface area contributed by atoms with Crippen molar-refractivity contribution in [2.75, 3.05) is 0 Å². The molecule has 0 N–H and O–H groups in total. The van der Waals surface area contributed by atoms with E-state index in [9.17, 15) is 9.59 Å². The van der Waals surface area contributed by atoms with Crippen molar-refractivity contribution in [1.29, 1.82) is 0 Å². The molecule has 5 nitrogen and oxygen atoms in total. The van der Waals surface area contributed by atoms with Gasteiger partial charge in [0.1, 0.15) is 5.75 Å². The largest absolute Gasteiger partial charge is 0.420 e. The van der Waals surface area contributed by atoms with Gasteiger partial charge >= 0.3 is 5.97 Å². The van der Waals surface area contributed by atoms with Crippen molar-refractivity contribution in [3.8, 4) is 5.75 Å². The van der Waals surface area contributed by atoms with E-state index in [1.165, 1.54) is 4.68 Å². The van der Waals surface area contributed by atoms with Gasteiger partial charge in [0.25, 0.3) is 5.56 Å². The van der Waals surface area contributed by atoms with E-state index in [0.29, 0.717) is 10.8 Å². The molecule has 0 saturated carbocycles. The second-order valence-corrected chi connectivity index (χ2v) is 7.63. The summed E-state index contributed by atoms with van der Waals surface area (Å²) in [4.78, 5) is 25.8. The molecular formula is C22H14BrClN2O3. The lowest BCUT2D eigenvalue weighted by atomic mass is 10.1. The third kappa shape index (κ3) is 4.09. The van der Waals surface area contributed by atoms with Crippen LogP contribution >= 0.6 is 27.5 Å².